The summed E-state index contributed by atoms with van der Waals surface area (Å²) < 4.78 is 273. The molecule has 38 heavy (non-hydrogen) atoms. The monoisotopic (exact) mass is 636 g/mol. The van der Waals surface area contributed by atoms with E-state index >= 15 is 0 Å². The van der Waals surface area contributed by atoms with Crippen LogP contribution in [-0.4, -0.2) is 84.1 Å². The van der Waals surface area contributed by atoms with Gasteiger partial charge in [0.05, 0.1) is 0 Å². The van der Waals surface area contributed by atoms with Crippen LogP contribution in [-0.2, 0) is 14.8 Å². The number of halogens is 19. The Balaban J connectivity index is 7.00. The lowest BCUT2D eigenvalue weighted by Crippen LogP contribution is -2.75. The fourth-order valence-electron chi connectivity index (χ4n) is 1.96. The SMILES string of the molecule is CCN(NS(=O)(=O)C(F)(F)C(F)(F)C(F)(F)C(F)(F)C(F)(F)C(F)(F)C(F)(F)C(F)(F)F)C(F)(F)C(=O)O. The Morgan fingerprint density at radius 2 is 0.921 bits per heavy atom. The highest BCUT2D eigenvalue weighted by atomic mass is 32.2. The summed E-state index contributed by atoms with van der Waals surface area (Å²) in [6.45, 7) is -1.63. The van der Waals surface area contributed by atoms with Crippen LogP contribution in [0.4, 0.5) is 83.4 Å². The molecule has 0 aromatic carbocycles. The predicted octanol–water partition coefficient (Wildman–Crippen LogP) is 4.79. The lowest BCUT2D eigenvalue weighted by Gasteiger charge is -2.42. The topological polar surface area (TPSA) is 86.7 Å². The van der Waals surface area contributed by atoms with Gasteiger partial charge >= 0.3 is 59.0 Å². The molecular formula is C12H7F19N2O4S. The number of hydrogen-bond donors (Lipinski definition) is 2. The van der Waals surface area contributed by atoms with Crippen LogP contribution in [0.1, 0.15) is 6.92 Å². The smallest absolute Gasteiger partial charge is 0.460 e. The molecule has 0 saturated carbocycles. The molecule has 0 bridgehead atoms. The number of rotatable bonds is 12. The standard InChI is InChI=1S/C12H7F19N2O4S/c1-2-33(4(13,14)3(34)35)32-38(36,37)12(30,31)10(25,26)8(21,22)6(17,18)5(15,16)7(19,20)9(23,24)11(27,28)29/h32H,2H2,1H3,(H,34,35). The average Bonchev–Trinajstić information content (AvgIpc) is 2.69. The van der Waals surface area contributed by atoms with Crippen molar-refractivity contribution < 1.29 is 102 Å². The van der Waals surface area contributed by atoms with Gasteiger partial charge in [0.1, 0.15) is 0 Å². The molecule has 228 valence electrons. The normalized spacial score (nSPS) is 16.2. The summed E-state index contributed by atoms with van der Waals surface area (Å²) in [6.07, 6.45) is -8.00. The molecule has 0 aliphatic carbocycles. The molecule has 0 saturated heterocycles. The van der Waals surface area contributed by atoms with Crippen molar-refractivity contribution in [1.29, 1.82) is 0 Å². The Morgan fingerprint density at radius 3 is 1.18 bits per heavy atom. The predicted molar refractivity (Wildman–Crippen MR) is 77.7 cm³/mol. The van der Waals surface area contributed by atoms with Gasteiger partial charge in [0, 0.05) is 6.54 Å². The molecule has 0 aliphatic heterocycles. The molecule has 0 aromatic rings. The molecule has 0 spiro atoms. The summed E-state index contributed by atoms with van der Waals surface area (Å²) in [6, 6.07) is -5.72. The van der Waals surface area contributed by atoms with E-state index in [1.54, 1.807) is 0 Å². The quantitative estimate of drug-likeness (QED) is 0.183. The fraction of sp³-hybridized carbons (Fsp3) is 0.917. The fourth-order valence-corrected chi connectivity index (χ4v) is 3.07. The largest absolute Gasteiger partial charge is 0.476 e. The third kappa shape index (κ3) is 4.68. The second-order valence-electron chi connectivity index (χ2n) is 6.65. The summed E-state index contributed by atoms with van der Waals surface area (Å²) in [4.78, 5) is 9.83. The summed E-state index contributed by atoms with van der Waals surface area (Å²) >= 11 is 0. The number of carbonyl (C=O) groups is 1. The van der Waals surface area contributed by atoms with E-state index < -0.39 is 85.4 Å². The van der Waals surface area contributed by atoms with Gasteiger partial charge in [-0.05, 0) is 0 Å². The minimum atomic E-state index is -9.10. The van der Waals surface area contributed by atoms with E-state index in [0.717, 1.165) is 0 Å². The number of likely N-dealkylation sites (N-methyl/N-ethyl adjacent to an activating group) is 1. The maximum absolute atomic E-state index is 13.8. The molecular weight excluding hydrogens is 629 g/mol. The van der Waals surface area contributed by atoms with Crippen molar-refractivity contribution in [2.24, 2.45) is 0 Å². The number of alkyl halides is 19. The van der Waals surface area contributed by atoms with Crippen LogP contribution in [0.15, 0.2) is 0 Å². The number of nitrogens with zero attached hydrogens (tertiary/aromatic N) is 1. The minimum Gasteiger partial charge on any atom is -0.476 e. The number of sulfonamides is 1. The van der Waals surface area contributed by atoms with E-state index in [1.165, 1.54) is 0 Å². The number of carboxylic acids is 1. The van der Waals surface area contributed by atoms with Crippen molar-refractivity contribution in [2.75, 3.05) is 6.54 Å². The Kier molecular flexibility index (Phi) is 8.81. The van der Waals surface area contributed by atoms with Crippen molar-refractivity contribution in [2.45, 2.75) is 59.9 Å². The first-order chi connectivity index (χ1) is 16.1. The van der Waals surface area contributed by atoms with Crippen LogP contribution in [0.2, 0.25) is 0 Å². The maximum atomic E-state index is 13.8. The number of carboxylic acid groups (broad SMARTS) is 1. The number of hydrazine groups is 1. The lowest BCUT2D eigenvalue weighted by molar-refractivity contribution is -0.458. The van der Waals surface area contributed by atoms with E-state index in [9.17, 15) is 96.6 Å². The van der Waals surface area contributed by atoms with Crippen LogP contribution in [0.3, 0.4) is 0 Å². The van der Waals surface area contributed by atoms with Crippen molar-refractivity contribution in [3.8, 4) is 0 Å². The second kappa shape index (κ2) is 9.29. The highest BCUT2D eigenvalue weighted by Gasteiger charge is 2.96. The van der Waals surface area contributed by atoms with Crippen molar-refractivity contribution in [3.63, 3.8) is 0 Å². The van der Waals surface area contributed by atoms with E-state index in [-0.39, 0.29) is 6.92 Å². The van der Waals surface area contributed by atoms with Gasteiger partial charge in [-0.3, -0.25) is 0 Å². The highest BCUT2D eigenvalue weighted by molar-refractivity contribution is 7.90. The first kappa shape index (κ1) is 36.0. The van der Waals surface area contributed by atoms with Gasteiger partial charge in [0.25, 0.3) is 10.0 Å². The molecule has 0 aliphatic rings. The van der Waals surface area contributed by atoms with E-state index in [4.69, 9.17) is 5.11 Å². The van der Waals surface area contributed by atoms with Gasteiger partial charge in [-0.2, -0.15) is 88.4 Å². The molecule has 0 aromatic heterocycles. The van der Waals surface area contributed by atoms with Gasteiger partial charge in [0.2, 0.25) is 0 Å². The van der Waals surface area contributed by atoms with Gasteiger partial charge in [-0.25, -0.2) is 13.2 Å². The Hall–Kier alpha value is -1.99. The first-order valence-electron chi connectivity index (χ1n) is 8.23. The number of nitrogens with one attached hydrogen (secondary N) is 1. The molecule has 0 rings (SSSR count). The zero-order chi connectivity index (χ0) is 31.6. The number of aliphatic carboxylic acids is 1. The summed E-state index contributed by atoms with van der Waals surface area (Å²) in [5, 5.41) is -1.75. The Labute approximate surface area is 195 Å². The van der Waals surface area contributed by atoms with Gasteiger partial charge in [-0.1, -0.05) is 6.92 Å². The van der Waals surface area contributed by atoms with Gasteiger partial charge in [0.15, 0.2) is 0 Å². The molecule has 0 unspecified atom stereocenters. The van der Waals surface area contributed by atoms with Crippen LogP contribution in [0.5, 0.6) is 0 Å². The van der Waals surface area contributed by atoms with Gasteiger partial charge in [-0.15, -0.1) is 4.83 Å². The second-order valence-corrected chi connectivity index (χ2v) is 8.35. The molecule has 0 heterocycles. The lowest BCUT2D eigenvalue weighted by atomic mass is 9.91. The molecule has 0 atom stereocenters. The zero-order valence-electron chi connectivity index (χ0n) is 16.9. The first-order valence-corrected chi connectivity index (χ1v) is 9.71. The van der Waals surface area contributed by atoms with Crippen LogP contribution >= 0.6 is 0 Å². The molecule has 2 N–H and O–H groups in total. The third-order valence-electron chi connectivity index (χ3n) is 4.17. The van der Waals surface area contributed by atoms with E-state index in [1.807, 2.05) is 0 Å². The maximum Gasteiger partial charge on any atom is 0.460 e. The molecule has 0 radical (unpaired) electrons. The summed E-state index contributed by atoms with van der Waals surface area (Å²) in [5.41, 5.74) is 0. The van der Waals surface area contributed by atoms with Crippen molar-refractivity contribution in [3.05, 3.63) is 0 Å². The van der Waals surface area contributed by atoms with Crippen LogP contribution in [0, 0.1) is 0 Å². The minimum absolute atomic E-state index is 0.224. The summed E-state index contributed by atoms with van der Waals surface area (Å²) in [7, 11) is -8.15. The van der Waals surface area contributed by atoms with Crippen molar-refractivity contribution in [1.82, 2.24) is 9.84 Å². The zero-order valence-corrected chi connectivity index (χ0v) is 17.7. The van der Waals surface area contributed by atoms with E-state index in [0.29, 0.717) is 0 Å². The molecule has 0 amide bonds. The van der Waals surface area contributed by atoms with Gasteiger partial charge < -0.3 is 5.11 Å². The third-order valence-corrected chi connectivity index (χ3v) is 5.57. The van der Waals surface area contributed by atoms with Crippen LogP contribution in [0.25, 0.3) is 0 Å². The Morgan fingerprint density at radius 1 is 0.632 bits per heavy atom. The highest BCUT2D eigenvalue weighted by Crippen LogP contribution is 2.64. The average molecular weight is 636 g/mol. The summed E-state index contributed by atoms with van der Waals surface area (Å²) in [5.74, 6) is -56.6. The van der Waals surface area contributed by atoms with Crippen LogP contribution < -0.4 is 4.83 Å². The Bertz CT molecular complexity index is 1010. The molecule has 6 nitrogen and oxygen atoms in total. The molecule has 26 heteroatoms. The number of hydrogen-bond acceptors (Lipinski definition) is 4. The van der Waals surface area contributed by atoms with E-state index in [2.05, 4.69) is 0 Å². The molecule has 0 fully saturated rings. The van der Waals surface area contributed by atoms with Crippen molar-refractivity contribution >= 4 is 16.0 Å².